The molecule has 0 radical (unpaired) electrons. The van der Waals surface area contributed by atoms with E-state index < -0.39 is 0 Å². The average molecular weight is 267 g/mol. The third-order valence-corrected chi connectivity index (χ3v) is 4.38. The Hall–Kier alpha value is -1.80. The van der Waals surface area contributed by atoms with Gasteiger partial charge in [0.25, 0.3) is 0 Å². The van der Waals surface area contributed by atoms with Gasteiger partial charge in [0.2, 0.25) is 0 Å². The number of aromatic hydroxyl groups is 1. The maximum atomic E-state index is 9.40. The lowest BCUT2D eigenvalue weighted by Gasteiger charge is -2.28. The van der Waals surface area contributed by atoms with Gasteiger partial charge < -0.3 is 5.11 Å². The summed E-state index contributed by atoms with van der Waals surface area (Å²) >= 11 is 0. The van der Waals surface area contributed by atoms with Gasteiger partial charge in [0.05, 0.1) is 0 Å². The number of fused-ring (bicyclic) bond motifs is 1. The van der Waals surface area contributed by atoms with Gasteiger partial charge in [0.15, 0.2) is 0 Å². The van der Waals surface area contributed by atoms with Gasteiger partial charge >= 0.3 is 0 Å². The van der Waals surface area contributed by atoms with Gasteiger partial charge in [-0.2, -0.15) is 0 Å². The molecule has 2 heteroatoms. The van der Waals surface area contributed by atoms with Crippen LogP contribution in [-0.2, 0) is 12.8 Å². The third kappa shape index (κ3) is 2.70. The van der Waals surface area contributed by atoms with Gasteiger partial charge in [0, 0.05) is 19.1 Å². The van der Waals surface area contributed by atoms with Crippen LogP contribution in [0.2, 0.25) is 0 Å². The Balaban J connectivity index is 1.74. The van der Waals surface area contributed by atoms with Gasteiger partial charge in [-0.1, -0.05) is 36.4 Å². The van der Waals surface area contributed by atoms with E-state index in [0.29, 0.717) is 11.8 Å². The Labute approximate surface area is 120 Å². The Morgan fingerprint density at radius 1 is 0.900 bits per heavy atom. The van der Waals surface area contributed by atoms with E-state index >= 15 is 0 Å². The predicted octanol–water partition coefficient (Wildman–Crippen LogP) is 3.55. The van der Waals surface area contributed by atoms with E-state index in [-0.39, 0.29) is 0 Å². The van der Waals surface area contributed by atoms with Crippen molar-refractivity contribution in [3.8, 4) is 5.75 Å². The zero-order chi connectivity index (χ0) is 13.9. The van der Waals surface area contributed by atoms with Crippen molar-refractivity contribution in [3.63, 3.8) is 0 Å². The van der Waals surface area contributed by atoms with E-state index in [9.17, 15) is 5.11 Å². The summed E-state index contributed by atoms with van der Waals surface area (Å²) in [6, 6.07) is 16.8. The highest BCUT2D eigenvalue weighted by atomic mass is 16.3. The normalized spacial score (nSPS) is 17.2. The number of hydrogen-bond acceptors (Lipinski definition) is 2. The molecule has 0 bridgehead atoms. The summed E-state index contributed by atoms with van der Waals surface area (Å²) in [5.74, 6) is 0.337. The second kappa shape index (κ2) is 5.68. The van der Waals surface area contributed by atoms with E-state index in [4.69, 9.17) is 0 Å². The van der Waals surface area contributed by atoms with Gasteiger partial charge in [-0.15, -0.1) is 0 Å². The third-order valence-electron chi connectivity index (χ3n) is 4.38. The highest BCUT2D eigenvalue weighted by molar-refractivity contribution is 5.30. The molecule has 0 saturated heterocycles. The van der Waals surface area contributed by atoms with Gasteiger partial charge in [-0.25, -0.2) is 0 Å². The van der Waals surface area contributed by atoms with E-state index in [1.165, 1.54) is 16.7 Å². The molecule has 2 aromatic carbocycles. The first kappa shape index (κ1) is 13.2. The lowest BCUT2D eigenvalue weighted by molar-refractivity contribution is 0.221. The molecule has 0 saturated carbocycles. The summed E-state index contributed by atoms with van der Waals surface area (Å²) in [6.07, 6.45) is 2.25. The molecular formula is C18H21NO. The van der Waals surface area contributed by atoms with Crippen molar-refractivity contribution in [1.82, 2.24) is 4.90 Å². The summed E-state index contributed by atoms with van der Waals surface area (Å²) in [5, 5.41) is 9.40. The summed E-state index contributed by atoms with van der Waals surface area (Å²) in [4.78, 5) is 2.53. The van der Waals surface area contributed by atoms with Crippen molar-refractivity contribution in [1.29, 1.82) is 0 Å². The molecule has 1 aliphatic heterocycles. The molecule has 1 aliphatic rings. The van der Waals surface area contributed by atoms with E-state index in [1.807, 2.05) is 12.1 Å². The molecule has 2 nitrogen and oxygen atoms in total. The second-order valence-corrected chi connectivity index (χ2v) is 5.57. The van der Waals surface area contributed by atoms with Crippen molar-refractivity contribution in [2.45, 2.75) is 25.8 Å². The molecule has 3 rings (SSSR count). The maximum absolute atomic E-state index is 9.40. The molecule has 1 N–H and O–H groups in total. The quantitative estimate of drug-likeness (QED) is 0.899. The Kier molecular flexibility index (Phi) is 3.75. The van der Waals surface area contributed by atoms with Crippen LogP contribution in [0.25, 0.3) is 0 Å². The fraction of sp³-hybridized carbons (Fsp3) is 0.333. The standard InChI is InChI=1S/C18H21NO/c1-14(15-6-8-18(20)9-7-15)19-12-10-16-4-2-3-5-17(16)11-13-19/h2-9,14,20H,10-13H2,1H3. The number of rotatable bonds is 2. The largest absolute Gasteiger partial charge is 0.508 e. The van der Waals surface area contributed by atoms with E-state index in [1.54, 1.807) is 12.1 Å². The zero-order valence-electron chi connectivity index (χ0n) is 11.9. The average Bonchev–Trinajstić information content (AvgIpc) is 2.70. The van der Waals surface area contributed by atoms with Crippen molar-refractivity contribution < 1.29 is 5.11 Å². The molecule has 1 atom stereocenters. The van der Waals surface area contributed by atoms with Gasteiger partial charge in [-0.3, -0.25) is 4.90 Å². The SMILES string of the molecule is CC(c1ccc(O)cc1)N1CCc2ccccc2CC1. The summed E-state index contributed by atoms with van der Waals surface area (Å²) in [6.45, 7) is 4.44. The smallest absolute Gasteiger partial charge is 0.115 e. The predicted molar refractivity (Wildman–Crippen MR) is 81.9 cm³/mol. The number of phenolic OH excluding ortho intramolecular Hbond substituents is 1. The molecule has 0 fully saturated rings. The first-order chi connectivity index (χ1) is 9.74. The molecule has 2 aromatic rings. The Morgan fingerprint density at radius 3 is 2.00 bits per heavy atom. The van der Waals surface area contributed by atoms with Crippen molar-refractivity contribution in [2.75, 3.05) is 13.1 Å². The highest BCUT2D eigenvalue weighted by Crippen LogP contribution is 2.25. The van der Waals surface area contributed by atoms with Crippen LogP contribution in [-0.4, -0.2) is 23.1 Å². The number of hydrogen-bond donors (Lipinski definition) is 1. The molecule has 0 amide bonds. The second-order valence-electron chi connectivity index (χ2n) is 5.57. The van der Waals surface area contributed by atoms with Crippen molar-refractivity contribution >= 4 is 0 Å². The van der Waals surface area contributed by atoms with Crippen LogP contribution in [0.3, 0.4) is 0 Å². The molecule has 104 valence electrons. The summed E-state index contributed by atoms with van der Waals surface area (Å²) in [7, 11) is 0. The Bertz CT molecular complexity index is 549. The summed E-state index contributed by atoms with van der Waals surface area (Å²) < 4.78 is 0. The lowest BCUT2D eigenvalue weighted by atomic mass is 10.0. The number of benzene rings is 2. The van der Waals surface area contributed by atoms with Crippen LogP contribution >= 0.6 is 0 Å². The molecule has 0 spiro atoms. The Morgan fingerprint density at radius 2 is 1.45 bits per heavy atom. The molecule has 1 heterocycles. The first-order valence-corrected chi connectivity index (χ1v) is 7.34. The molecule has 1 unspecified atom stereocenters. The van der Waals surface area contributed by atoms with Crippen LogP contribution in [0.5, 0.6) is 5.75 Å². The monoisotopic (exact) mass is 267 g/mol. The van der Waals surface area contributed by atoms with E-state index in [0.717, 1.165) is 25.9 Å². The lowest BCUT2D eigenvalue weighted by Crippen LogP contribution is -2.29. The topological polar surface area (TPSA) is 23.5 Å². The van der Waals surface area contributed by atoms with Gasteiger partial charge in [-0.05, 0) is 48.6 Å². The number of phenols is 1. The molecule has 0 aromatic heterocycles. The fourth-order valence-corrected chi connectivity index (χ4v) is 3.04. The van der Waals surface area contributed by atoms with Crippen LogP contribution < -0.4 is 0 Å². The molecular weight excluding hydrogens is 246 g/mol. The first-order valence-electron chi connectivity index (χ1n) is 7.34. The zero-order valence-corrected chi connectivity index (χ0v) is 11.9. The number of nitrogens with zero attached hydrogens (tertiary/aromatic N) is 1. The van der Waals surface area contributed by atoms with Crippen LogP contribution in [0, 0.1) is 0 Å². The molecule has 0 aliphatic carbocycles. The van der Waals surface area contributed by atoms with Crippen molar-refractivity contribution in [2.24, 2.45) is 0 Å². The fourth-order valence-electron chi connectivity index (χ4n) is 3.04. The van der Waals surface area contributed by atoms with Crippen LogP contribution in [0.4, 0.5) is 0 Å². The van der Waals surface area contributed by atoms with Crippen molar-refractivity contribution in [3.05, 3.63) is 65.2 Å². The maximum Gasteiger partial charge on any atom is 0.115 e. The summed E-state index contributed by atoms with van der Waals surface area (Å²) in [5.41, 5.74) is 4.26. The minimum absolute atomic E-state index is 0.337. The minimum Gasteiger partial charge on any atom is -0.508 e. The molecule has 20 heavy (non-hydrogen) atoms. The highest BCUT2D eigenvalue weighted by Gasteiger charge is 2.19. The van der Waals surface area contributed by atoms with Gasteiger partial charge in [0.1, 0.15) is 5.75 Å². The van der Waals surface area contributed by atoms with E-state index in [2.05, 4.69) is 36.1 Å². The minimum atomic E-state index is 0.337. The van der Waals surface area contributed by atoms with Crippen LogP contribution in [0.15, 0.2) is 48.5 Å². The van der Waals surface area contributed by atoms with Crippen LogP contribution in [0.1, 0.15) is 29.7 Å².